The zero-order chi connectivity index (χ0) is 15.6. The number of esters is 2. The van der Waals surface area contributed by atoms with Gasteiger partial charge in [0.25, 0.3) is 0 Å². The van der Waals surface area contributed by atoms with Crippen LogP contribution < -0.4 is 5.32 Å². The predicted octanol–water partition coefficient (Wildman–Crippen LogP) is 0.210. The zero-order valence-electron chi connectivity index (χ0n) is 11.7. The minimum absolute atomic E-state index is 0.248. The zero-order valence-corrected chi connectivity index (χ0v) is 11.7. The van der Waals surface area contributed by atoms with E-state index in [9.17, 15) is 19.6 Å². The minimum Gasteiger partial charge on any atom is -0.456 e. The lowest BCUT2D eigenvalue weighted by Gasteiger charge is -2.31. The molecule has 3 unspecified atom stereocenters. The van der Waals surface area contributed by atoms with E-state index in [0.717, 1.165) is 0 Å². The Kier molecular flexibility index (Phi) is 3.98. The van der Waals surface area contributed by atoms with Crippen LogP contribution in [0.1, 0.15) is 26.2 Å². The van der Waals surface area contributed by atoms with E-state index in [-0.39, 0.29) is 24.5 Å². The number of fused-ring (bicyclic) bond motifs is 2. The summed E-state index contributed by atoms with van der Waals surface area (Å²) in [5.41, 5.74) is -1.10. The monoisotopic (exact) mass is 292 g/mol. The number of carbonyl (C=O) groups excluding carboxylic acids is 3. The van der Waals surface area contributed by atoms with Crippen molar-refractivity contribution in [2.24, 2.45) is 5.92 Å². The van der Waals surface area contributed by atoms with Crippen molar-refractivity contribution in [3.05, 3.63) is 12.2 Å². The van der Waals surface area contributed by atoms with E-state index in [1.54, 1.807) is 0 Å². The van der Waals surface area contributed by atoms with Gasteiger partial charge in [0.2, 0.25) is 11.5 Å². The number of nitriles is 1. The highest BCUT2D eigenvalue weighted by molar-refractivity contribution is 5.94. The summed E-state index contributed by atoms with van der Waals surface area (Å²) in [6.07, 6.45) is 0.375. The van der Waals surface area contributed by atoms with Crippen LogP contribution in [0, 0.1) is 17.2 Å². The molecule has 112 valence electrons. The van der Waals surface area contributed by atoms with Gasteiger partial charge in [-0.1, -0.05) is 6.58 Å². The molecule has 1 saturated carbocycles. The molecule has 1 amide bonds. The van der Waals surface area contributed by atoms with Crippen molar-refractivity contribution in [3.63, 3.8) is 0 Å². The van der Waals surface area contributed by atoms with Crippen LogP contribution in [0.3, 0.4) is 0 Å². The molecule has 2 aliphatic rings. The van der Waals surface area contributed by atoms with Gasteiger partial charge in [-0.2, -0.15) is 5.26 Å². The van der Waals surface area contributed by atoms with Crippen LogP contribution in [0.4, 0.5) is 0 Å². The lowest BCUT2D eigenvalue weighted by Crippen LogP contribution is -2.46. The molecule has 0 aromatic carbocycles. The molecule has 2 bridgehead atoms. The largest absolute Gasteiger partial charge is 0.456 e. The molecule has 2 fully saturated rings. The van der Waals surface area contributed by atoms with Crippen LogP contribution >= 0.6 is 0 Å². The number of carbonyl (C=O) groups is 3. The summed E-state index contributed by atoms with van der Waals surface area (Å²) in [6, 6.07) is 1.96. The highest BCUT2D eigenvalue weighted by Crippen LogP contribution is 2.43. The molecule has 21 heavy (non-hydrogen) atoms. The Hall–Kier alpha value is -2.36. The van der Waals surface area contributed by atoms with Crippen molar-refractivity contribution in [2.45, 2.75) is 37.9 Å². The summed E-state index contributed by atoms with van der Waals surface area (Å²) >= 11 is 0. The van der Waals surface area contributed by atoms with E-state index in [2.05, 4.69) is 11.9 Å². The molecule has 1 saturated heterocycles. The molecule has 0 radical (unpaired) electrons. The Balaban J connectivity index is 1.95. The molecule has 1 heterocycles. The quantitative estimate of drug-likeness (QED) is 0.586. The summed E-state index contributed by atoms with van der Waals surface area (Å²) in [4.78, 5) is 34.6. The highest BCUT2D eigenvalue weighted by Gasteiger charge is 2.57. The molecule has 2 rings (SSSR count). The van der Waals surface area contributed by atoms with Crippen molar-refractivity contribution >= 4 is 17.8 Å². The van der Waals surface area contributed by atoms with Crippen molar-refractivity contribution in [3.8, 4) is 6.07 Å². The normalized spacial score (nSPS) is 30.0. The Bertz CT molecular complexity index is 550. The fraction of sp³-hybridized carbons (Fsp3) is 0.571. The predicted molar refractivity (Wildman–Crippen MR) is 69.5 cm³/mol. The van der Waals surface area contributed by atoms with Gasteiger partial charge in [-0.15, -0.1) is 0 Å². The second-order valence-corrected chi connectivity index (χ2v) is 5.34. The van der Waals surface area contributed by atoms with E-state index in [1.165, 1.54) is 6.92 Å². The van der Waals surface area contributed by atoms with E-state index in [1.807, 2.05) is 6.07 Å². The van der Waals surface area contributed by atoms with E-state index in [4.69, 9.17) is 9.47 Å². The molecule has 0 spiro atoms. The maximum atomic E-state index is 11.7. The highest BCUT2D eigenvalue weighted by atomic mass is 16.6. The molecule has 7 heteroatoms. The molecule has 3 atom stereocenters. The van der Waals surface area contributed by atoms with Gasteiger partial charge in [0.05, 0.1) is 5.92 Å². The van der Waals surface area contributed by atoms with E-state index < -0.39 is 29.6 Å². The summed E-state index contributed by atoms with van der Waals surface area (Å²) in [7, 11) is 0. The SMILES string of the molecule is C=C(C)C(=O)NCC(=O)OC1CCC2CC1(C#N)OC2=O. The summed E-state index contributed by atoms with van der Waals surface area (Å²) in [5, 5.41) is 11.6. The minimum atomic E-state index is -1.38. The molecule has 0 aromatic rings. The van der Waals surface area contributed by atoms with Crippen LogP contribution in [-0.2, 0) is 23.9 Å². The maximum Gasteiger partial charge on any atom is 0.325 e. The maximum absolute atomic E-state index is 11.7. The summed E-state index contributed by atoms with van der Waals surface area (Å²) in [6.45, 7) is 4.65. The average molecular weight is 292 g/mol. The standard InChI is InChI=1S/C14H16N2O5/c1-8(2)12(18)16-6-11(17)20-10-4-3-9-5-14(10,7-15)21-13(9)19/h9-10H,1,3-6H2,2H3,(H,16,18). The number of nitrogens with zero attached hydrogens (tertiary/aromatic N) is 1. The molecular weight excluding hydrogens is 276 g/mol. The second-order valence-electron chi connectivity index (χ2n) is 5.34. The molecular formula is C14H16N2O5. The van der Waals surface area contributed by atoms with Crippen LogP contribution in [0.5, 0.6) is 0 Å². The first-order valence-electron chi connectivity index (χ1n) is 6.65. The van der Waals surface area contributed by atoms with Crippen molar-refractivity contribution in [1.82, 2.24) is 5.32 Å². The first-order chi connectivity index (χ1) is 9.88. The summed E-state index contributed by atoms with van der Waals surface area (Å²) < 4.78 is 10.3. The van der Waals surface area contributed by atoms with Crippen LogP contribution in [0.2, 0.25) is 0 Å². The average Bonchev–Trinajstić information content (AvgIpc) is 2.72. The lowest BCUT2D eigenvalue weighted by molar-refractivity contribution is -0.167. The Morgan fingerprint density at radius 3 is 2.90 bits per heavy atom. The van der Waals surface area contributed by atoms with Gasteiger partial charge in [0, 0.05) is 12.0 Å². The van der Waals surface area contributed by atoms with E-state index >= 15 is 0 Å². The third kappa shape index (κ3) is 2.89. The Morgan fingerprint density at radius 1 is 1.57 bits per heavy atom. The molecule has 0 aromatic heterocycles. The smallest absolute Gasteiger partial charge is 0.325 e. The number of amides is 1. The number of hydrogen-bond acceptors (Lipinski definition) is 6. The van der Waals surface area contributed by atoms with Crippen LogP contribution in [0.15, 0.2) is 12.2 Å². The van der Waals surface area contributed by atoms with Gasteiger partial charge in [0.15, 0.2) is 6.10 Å². The third-order valence-electron chi connectivity index (χ3n) is 3.71. The number of hydrogen-bond donors (Lipinski definition) is 1. The molecule has 1 aliphatic heterocycles. The second kappa shape index (κ2) is 5.56. The van der Waals surface area contributed by atoms with E-state index in [0.29, 0.717) is 12.8 Å². The number of rotatable bonds is 4. The van der Waals surface area contributed by atoms with Crippen LogP contribution in [-0.4, -0.2) is 36.1 Å². The third-order valence-corrected chi connectivity index (χ3v) is 3.71. The first-order valence-corrected chi connectivity index (χ1v) is 6.65. The molecule has 1 N–H and O–H groups in total. The van der Waals surface area contributed by atoms with Gasteiger partial charge in [-0.3, -0.25) is 14.4 Å². The number of ether oxygens (including phenoxy) is 2. The van der Waals surface area contributed by atoms with Crippen molar-refractivity contribution in [1.29, 1.82) is 5.26 Å². The van der Waals surface area contributed by atoms with Gasteiger partial charge in [0.1, 0.15) is 12.6 Å². The topological polar surface area (TPSA) is 105 Å². The van der Waals surface area contributed by atoms with Gasteiger partial charge in [-0.05, 0) is 19.8 Å². The Labute approximate surface area is 121 Å². The first kappa shape index (κ1) is 15.0. The molecule has 7 nitrogen and oxygen atoms in total. The van der Waals surface area contributed by atoms with Crippen molar-refractivity contribution < 1.29 is 23.9 Å². The summed E-state index contributed by atoms with van der Waals surface area (Å²) in [5.74, 6) is -1.82. The van der Waals surface area contributed by atoms with Crippen LogP contribution in [0.25, 0.3) is 0 Å². The fourth-order valence-electron chi connectivity index (χ4n) is 2.55. The van der Waals surface area contributed by atoms with Gasteiger partial charge >= 0.3 is 11.9 Å². The van der Waals surface area contributed by atoms with Gasteiger partial charge in [-0.25, -0.2) is 0 Å². The van der Waals surface area contributed by atoms with Gasteiger partial charge < -0.3 is 14.8 Å². The lowest BCUT2D eigenvalue weighted by atomic mass is 9.79. The van der Waals surface area contributed by atoms with Crippen molar-refractivity contribution in [2.75, 3.05) is 6.54 Å². The Morgan fingerprint density at radius 2 is 2.29 bits per heavy atom. The number of nitrogens with one attached hydrogen (secondary N) is 1. The fourth-order valence-corrected chi connectivity index (χ4v) is 2.55. The molecule has 1 aliphatic carbocycles.